The van der Waals surface area contributed by atoms with E-state index in [0.717, 1.165) is 19.3 Å². The summed E-state index contributed by atoms with van der Waals surface area (Å²) in [5.74, 6) is -1.35. The van der Waals surface area contributed by atoms with Gasteiger partial charge in [0.15, 0.2) is 0 Å². The number of aliphatic carboxylic acids is 1. The van der Waals surface area contributed by atoms with Crippen LogP contribution in [0.3, 0.4) is 0 Å². The number of nitrogens with zero attached hydrogens (tertiary/aromatic N) is 2. The van der Waals surface area contributed by atoms with Gasteiger partial charge in [-0.2, -0.15) is 0 Å². The number of piperidine rings is 1. The third kappa shape index (κ3) is 3.72. The van der Waals surface area contributed by atoms with Crippen LogP contribution in [0.1, 0.15) is 29.6 Å². The lowest BCUT2D eigenvalue weighted by Gasteiger charge is -2.26. The van der Waals surface area contributed by atoms with Crippen molar-refractivity contribution in [3.63, 3.8) is 0 Å². The molecular weight excluding hydrogens is 290 g/mol. The number of anilines is 1. The molecule has 1 aliphatic rings. The second-order valence-electron chi connectivity index (χ2n) is 5.09. The van der Waals surface area contributed by atoms with Crippen molar-refractivity contribution in [3.05, 3.63) is 33.9 Å². The molecule has 1 amide bonds. The molecular formula is C14H17N3O5. The van der Waals surface area contributed by atoms with Gasteiger partial charge in [-0.1, -0.05) is 0 Å². The average molecular weight is 307 g/mol. The zero-order valence-corrected chi connectivity index (χ0v) is 11.9. The van der Waals surface area contributed by atoms with Crippen molar-refractivity contribution in [2.45, 2.75) is 19.3 Å². The molecule has 22 heavy (non-hydrogen) atoms. The fourth-order valence-electron chi connectivity index (χ4n) is 2.42. The molecule has 2 N–H and O–H groups in total. The molecule has 0 saturated carbocycles. The number of likely N-dealkylation sites (tertiary alicyclic amines) is 1. The predicted octanol–water partition coefficient (Wildman–Crippen LogP) is 1.72. The standard InChI is InChI=1S/C14H17N3O5/c18-13(19)9-15-11-5-4-10(8-12(11)17(21)22)14(20)16-6-2-1-3-7-16/h4-5,8,15H,1-3,6-7,9H2,(H,18,19). The SMILES string of the molecule is O=C(O)CNc1ccc(C(=O)N2CCCCC2)cc1[N+](=O)[O-]. The first-order chi connectivity index (χ1) is 10.5. The molecule has 1 saturated heterocycles. The normalized spacial score (nSPS) is 14.5. The summed E-state index contributed by atoms with van der Waals surface area (Å²) in [6.45, 7) is 0.886. The molecule has 0 bridgehead atoms. The number of amides is 1. The van der Waals surface area contributed by atoms with Gasteiger partial charge in [0.05, 0.1) is 4.92 Å². The van der Waals surface area contributed by atoms with Gasteiger partial charge in [0.2, 0.25) is 0 Å². The van der Waals surface area contributed by atoms with Crippen LogP contribution in [-0.2, 0) is 4.79 Å². The van der Waals surface area contributed by atoms with Gasteiger partial charge in [-0.3, -0.25) is 19.7 Å². The van der Waals surface area contributed by atoms with Crippen LogP contribution in [0.4, 0.5) is 11.4 Å². The van der Waals surface area contributed by atoms with E-state index < -0.39 is 17.4 Å². The Kier molecular flexibility index (Phi) is 4.92. The molecule has 0 radical (unpaired) electrons. The number of carboxylic acids is 1. The molecule has 118 valence electrons. The number of nitrogens with one attached hydrogen (secondary N) is 1. The molecule has 1 heterocycles. The number of carbonyl (C=O) groups excluding carboxylic acids is 1. The van der Waals surface area contributed by atoms with Crippen LogP contribution in [0.15, 0.2) is 18.2 Å². The minimum absolute atomic E-state index is 0.0857. The minimum Gasteiger partial charge on any atom is -0.480 e. The van der Waals surface area contributed by atoms with Gasteiger partial charge in [0, 0.05) is 24.7 Å². The molecule has 0 aromatic heterocycles. The average Bonchev–Trinajstić information content (AvgIpc) is 2.52. The van der Waals surface area contributed by atoms with Crippen LogP contribution in [-0.4, -0.2) is 46.4 Å². The van der Waals surface area contributed by atoms with Crippen LogP contribution in [0.2, 0.25) is 0 Å². The van der Waals surface area contributed by atoms with E-state index >= 15 is 0 Å². The topological polar surface area (TPSA) is 113 Å². The van der Waals surface area contributed by atoms with Crippen LogP contribution >= 0.6 is 0 Å². The monoisotopic (exact) mass is 307 g/mol. The Labute approximate surface area is 126 Å². The van der Waals surface area contributed by atoms with Gasteiger partial charge in [-0.05, 0) is 31.4 Å². The molecule has 0 aliphatic carbocycles. The van der Waals surface area contributed by atoms with Crippen LogP contribution in [0.5, 0.6) is 0 Å². The molecule has 8 heteroatoms. The number of rotatable bonds is 5. The third-order valence-corrected chi connectivity index (χ3v) is 3.51. The summed E-state index contributed by atoms with van der Waals surface area (Å²) in [7, 11) is 0. The number of nitro benzene ring substituents is 1. The summed E-state index contributed by atoms with van der Waals surface area (Å²) in [6, 6.07) is 4.05. The molecule has 8 nitrogen and oxygen atoms in total. The Hall–Kier alpha value is -2.64. The van der Waals surface area contributed by atoms with Crippen molar-refractivity contribution in [1.82, 2.24) is 4.90 Å². The van der Waals surface area contributed by atoms with E-state index in [0.29, 0.717) is 13.1 Å². The number of benzene rings is 1. The number of carboxylic acid groups (broad SMARTS) is 1. The van der Waals surface area contributed by atoms with Crippen molar-refractivity contribution in [2.75, 3.05) is 25.0 Å². The van der Waals surface area contributed by atoms with E-state index in [9.17, 15) is 19.7 Å². The summed E-state index contributed by atoms with van der Waals surface area (Å²) in [5.41, 5.74) is 0.0289. The zero-order valence-electron chi connectivity index (χ0n) is 11.9. The Bertz CT molecular complexity index is 596. The van der Waals surface area contributed by atoms with Gasteiger partial charge in [0.1, 0.15) is 12.2 Å². The summed E-state index contributed by atoms with van der Waals surface area (Å²) >= 11 is 0. The molecule has 0 spiro atoms. The summed E-state index contributed by atoms with van der Waals surface area (Å²) < 4.78 is 0. The van der Waals surface area contributed by atoms with E-state index in [1.165, 1.54) is 18.2 Å². The Balaban J connectivity index is 2.22. The quantitative estimate of drug-likeness (QED) is 0.632. The van der Waals surface area contributed by atoms with Crippen LogP contribution in [0.25, 0.3) is 0 Å². The maximum Gasteiger partial charge on any atom is 0.322 e. The summed E-state index contributed by atoms with van der Waals surface area (Å²) in [5, 5.41) is 22.2. The second-order valence-corrected chi connectivity index (χ2v) is 5.09. The first-order valence-corrected chi connectivity index (χ1v) is 7.02. The Morgan fingerprint density at radius 2 is 1.95 bits per heavy atom. The van der Waals surface area contributed by atoms with Gasteiger partial charge in [-0.25, -0.2) is 0 Å². The number of hydrogen-bond donors (Lipinski definition) is 2. The zero-order chi connectivity index (χ0) is 16.1. The maximum atomic E-state index is 12.3. The highest BCUT2D eigenvalue weighted by Crippen LogP contribution is 2.26. The van der Waals surface area contributed by atoms with Crippen LogP contribution < -0.4 is 5.32 Å². The number of hydrogen-bond acceptors (Lipinski definition) is 5. The fraction of sp³-hybridized carbons (Fsp3) is 0.429. The number of carbonyl (C=O) groups is 2. The largest absolute Gasteiger partial charge is 0.480 e. The first kappa shape index (κ1) is 15.7. The lowest BCUT2D eigenvalue weighted by Crippen LogP contribution is -2.35. The second kappa shape index (κ2) is 6.88. The summed E-state index contributed by atoms with van der Waals surface area (Å²) in [4.78, 5) is 35.1. The Morgan fingerprint density at radius 1 is 1.27 bits per heavy atom. The van der Waals surface area contributed by atoms with E-state index in [1.807, 2.05) is 0 Å². The molecule has 1 aromatic rings. The molecule has 2 rings (SSSR count). The minimum atomic E-state index is -1.12. The fourth-order valence-corrected chi connectivity index (χ4v) is 2.42. The van der Waals surface area contributed by atoms with Crippen molar-refractivity contribution in [3.8, 4) is 0 Å². The predicted molar refractivity (Wildman–Crippen MR) is 79.0 cm³/mol. The summed E-state index contributed by atoms with van der Waals surface area (Å²) in [6.07, 6.45) is 2.96. The van der Waals surface area contributed by atoms with Crippen molar-refractivity contribution in [1.29, 1.82) is 0 Å². The highest BCUT2D eigenvalue weighted by atomic mass is 16.6. The van der Waals surface area contributed by atoms with Gasteiger partial charge in [-0.15, -0.1) is 0 Å². The van der Waals surface area contributed by atoms with E-state index in [4.69, 9.17) is 5.11 Å². The van der Waals surface area contributed by atoms with Crippen molar-refractivity contribution < 1.29 is 19.6 Å². The van der Waals surface area contributed by atoms with E-state index in [1.54, 1.807) is 4.90 Å². The van der Waals surface area contributed by atoms with Crippen molar-refractivity contribution >= 4 is 23.3 Å². The first-order valence-electron chi connectivity index (χ1n) is 7.02. The molecule has 1 aliphatic heterocycles. The van der Waals surface area contributed by atoms with E-state index in [2.05, 4.69) is 5.32 Å². The smallest absolute Gasteiger partial charge is 0.322 e. The van der Waals surface area contributed by atoms with E-state index in [-0.39, 0.29) is 22.8 Å². The molecule has 1 aromatic carbocycles. The maximum absolute atomic E-state index is 12.3. The van der Waals surface area contributed by atoms with Gasteiger partial charge >= 0.3 is 5.97 Å². The lowest BCUT2D eigenvalue weighted by atomic mass is 10.1. The van der Waals surface area contributed by atoms with Crippen molar-refractivity contribution in [2.24, 2.45) is 0 Å². The number of nitro groups is 1. The van der Waals surface area contributed by atoms with Gasteiger partial charge in [0.25, 0.3) is 11.6 Å². The van der Waals surface area contributed by atoms with Gasteiger partial charge < -0.3 is 15.3 Å². The molecule has 1 fully saturated rings. The molecule has 0 unspecified atom stereocenters. The van der Waals surface area contributed by atoms with Crippen LogP contribution in [0, 0.1) is 10.1 Å². The Morgan fingerprint density at radius 3 is 2.55 bits per heavy atom. The third-order valence-electron chi connectivity index (χ3n) is 3.51. The highest BCUT2D eigenvalue weighted by molar-refractivity contribution is 5.96. The molecule has 0 atom stereocenters. The lowest BCUT2D eigenvalue weighted by molar-refractivity contribution is -0.384. The highest BCUT2D eigenvalue weighted by Gasteiger charge is 2.22.